The number of aliphatic hydroxyl groups excluding tert-OH is 1. The first-order chi connectivity index (χ1) is 9.45. The van der Waals surface area contributed by atoms with Crippen LogP contribution in [0.5, 0.6) is 0 Å². The minimum absolute atomic E-state index is 0.136. The van der Waals surface area contributed by atoms with Crippen LogP contribution in [0.3, 0.4) is 0 Å². The molecule has 0 radical (unpaired) electrons. The number of nitrogens with one attached hydrogen (secondary N) is 2. The highest BCUT2D eigenvalue weighted by atomic mass is 32.1. The maximum absolute atomic E-state index is 9.35. The molecule has 0 amide bonds. The molecule has 2 rings (SSSR count). The number of anilines is 2. The molecule has 2 heterocycles. The zero-order chi connectivity index (χ0) is 14.8. The summed E-state index contributed by atoms with van der Waals surface area (Å²) in [5.74, 6) is 1.47. The van der Waals surface area contributed by atoms with Crippen LogP contribution in [0.4, 0.5) is 11.8 Å². The Kier molecular flexibility index (Phi) is 4.45. The largest absolute Gasteiger partial charge is 0.396 e. The maximum atomic E-state index is 9.35. The van der Waals surface area contributed by atoms with Crippen LogP contribution in [0.25, 0.3) is 10.2 Å². The third kappa shape index (κ3) is 3.37. The number of fused-ring (bicyclic) bond motifs is 1. The van der Waals surface area contributed by atoms with Gasteiger partial charge in [-0.25, -0.2) is 4.98 Å². The Bertz CT molecular complexity index is 594. The molecule has 0 atom stereocenters. The van der Waals surface area contributed by atoms with Gasteiger partial charge in [-0.1, -0.05) is 13.8 Å². The highest BCUT2D eigenvalue weighted by Gasteiger charge is 2.18. The van der Waals surface area contributed by atoms with Gasteiger partial charge in [0.2, 0.25) is 5.95 Å². The van der Waals surface area contributed by atoms with Gasteiger partial charge in [0.1, 0.15) is 10.6 Å². The molecule has 5 nitrogen and oxygen atoms in total. The van der Waals surface area contributed by atoms with Gasteiger partial charge in [-0.3, -0.25) is 0 Å². The second kappa shape index (κ2) is 5.93. The number of aryl methyl sites for hydroxylation is 1. The van der Waals surface area contributed by atoms with E-state index in [0.717, 1.165) is 22.6 Å². The van der Waals surface area contributed by atoms with Crippen LogP contribution in [0, 0.1) is 12.3 Å². The van der Waals surface area contributed by atoms with Gasteiger partial charge in [0.25, 0.3) is 0 Å². The van der Waals surface area contributed by atoms with Crippen molar-refractivity contribution in [3.05, 3.63) is 10.9 Å². The van der Waals surface area contributed by atoms with Crippen molar-refractivity contribution in [1.82, 2.24) is 9.97 Å². The summed E-state index contributed by atoms with van der Waals surface area (Å²) in [6.07, 6.45) is 0. The summed E-state index contributed by atoms with van der Waals surface area (Å²) >= 11 is 1.66. The third-order valence-corrected chi connectivity index (χ3v) is 3.96. The molecular weight excluding hydrogens is 272 g/mol. The van der Waals surface area contributed by atoms with Crippen LogP contribution in [0.2, 0.25) is 0 Å². The minimum atomic E-state index is -0.180. The van der Waals surface area contributed by atoms with Gasteiger partial charge >= 0.3 is 0 Å². The van der Waals surface area contributed by atoms with Crippen LogP contribution in [-0.2, 0) is 0 Å². The third-order valence-electron chi connectivity index (χ3n) is 3.01. The van der Waals surface area contributed by atoms with E-state index in [1.54, 1.807) is 11.3 Å². The Hall–Kier alpha value is -1.40. The minimum Gasteiger partial charge on any atom is -0.396 e. The monoisotopic (exact) mass is 294 g/mol. The first-order valence-corrected chi connectivity index (χ1v) is 7.63. The van der Waals surface area contributed by atoms with Gasteiger partial charge < -0.3 is 15.7 Å². The van der Waals surface area contributed by atoms with E-state index in [-0.39, 0.29) is 12.0 Å². The maximum Gasteiger partial charge on any atom is 0.226 e. The molecule has 0 spiro atoms. The second-order valence-electron chi connectivity index (χ2n) is 5.68. The van der Waals surface area contributed by atoms with Crippen LogP contribution in [0.1, 0.15) is 25.6 Å². The molecule has 0 fully saturated rings. The van der Waals surface area contributed by atoms with E-state index < -0.39 is 0 Å². The van der Waals surface area contributed by atoms with Gasteiger partial charge in [-0.2, -0.15) is 4.98 Å². The molecule has 0 aliphatic rings. The van der Waals surface area contributed by atoms with E-state index in [0.29, 0.717) is 12.5 Å². The van der Waals surface area contributed by atoms with Crippen molar-refractivity contribution in [3.8, 4) is 0 Å². The molecule has 0 bridgehead atoms. The van der Waals surface area contributed by atoms with Crippen molar-refractivity contribution in [3.63, 3.8) is 0 Å². The van der Waals surface area contributed by atoms with Crippen molar-refractivity contribution in [2.75, 3.05) is 30.3 Å². The Labute approximate surface area is 123 Å². The summed E-state index contributed by atoms with van der Waals surface area (Å²) in [6, 6.07) is 2.10. The molecule has 2 aromatic heterocycles. The lowest BCUT2D eigenvalue weighted by atomic mass is 9.95. The smallest absolute Gasteiger partial charge is 0.226 e. The predicted octanol–water partition coefficient (Wildman–Crippen LogP) is 2.86. The summed E-state index contributed by atoms with van der Waals surface area (Å²) in [6.45, 7) is 9.71. The van der Waals surface area contributed by atoms with E-state index >= 15 is 0 Å². The summed E-state index contributed by atoms with van der Waals surface area (Å²) < 4.78 is 0. The number of rotatable bonds is 6. The van der Waals surface area contributed by atoms with Gasteiger partial charge in [0, 0.05) is 30.0 Å². The number of nitrogens with zero attached hydrogens (tertiary/aromatic N) is 2. The fraction of sp³-hybridized carbons (Fsp3) is 0.571. The lowest BCUT2D eigenvalue weighted by Gasteiger charge is -2.22. The van der Waals surface area contributed by atoms with Crippen LogP contribution in [0.15, 0.2) is 6.07 Å². The molecular formula is C14H22N4OS. The van der Waals surface area contributed by atoms with Crippen LogP contribution < -0.4 is 10.6 Å². The molecule has 110 valence electrons. The number of hydrogen-bond donors (Lipinski definition) is 3. The topological polar surface area (TPSA) is 70.1 Å². The van der Waals surface area contributed by atoms with Crippen molar-refractivity contribution >= 4 is 33.3 Å². The average molecular weight is 294 g/mol. The van der Waals surface area contributed by atoms with Crippen LogP contribution in [-0.4, -0.2) is 34.8 Å². The van der Waals surface area contributed by atoms with Crippen molar-refractivity contribution in [2.24, 2.45) is 5.41 Å². The molecule has 20 heavy (non-hydrogen) atoms. The molecule has 3 N–H and O–H groups in total. The summed E-state index contributed by atoms with van der Waals surface area (Å²) in [4.78, 5) is 11.3. The summed E-state index contributed by atoms with van der Waals surface area (Å²) in [7, 11) is 0. The zero-order valence-corrected chi connectivity index (χ0v) is 13.3. The number of hydrogen-bond acceptors (Lipinski definition) is 6. The first-order valence-electron chi connectivity index (χ1n) is 6.82. The second-order valence-corrected chi connectivity index (χ2v) is 6.91. The van der Waals surface area contributed by atoms with Crippen molar-refractivity contribution in [1.29, 1.82) is 0 Å². The zero-order valence-electron chi connectivity index (χ0n) is 12.4. The van der Waals surface area contributed by atoms with E-state index in [2.05, 4.69) is 33.6 Å². The SMILES string of the molecule is CCNc1nc(NCC(C)(C)CO)c2cc(C)sc2n1. The van der Waals surface area contributed by atoms with Gasteiger partial charge in [-0.05, 0) is 19.9 Å². The molecule has 0 unspecified atom stereocenters. The van der Waals surface area contributed by atoms with Crippen molar-refractivity contribution < 1.29 is 5.11 Å². The van der Waals surface area contributed by atoms with Crippen molar-refractivity contribution in [2.45, 2.75) is 27.7 Å². The first kappa shape index (κ1) is 15.0. The fourth-order valence-corrected chi connectivity index (χ4v) is 2.67. The summed E-state index contributed by atoms with van der Waals surface area (Å²) in [5.41, 5.74) is -0.180. The molecule has 2 aromatic rings. The molecule has 0 saturated heterocycles. The highest BCUT2D eigenvalue weighted by Crippen LogP contribution is 2.30. The van der Waals surface area contributed by atoms with Gasteiger partial charge in [-0.15, -0.1) is 11.3 Å². The summed E-state index contributed by atoms with van der Waals surface area (Å²) in [5, 5.41) is 16.9. The normalized spacial score (nSPS) is 11.8. The van der Waals surface area contributed by atoms with E-state index in [1.807, 2.05) is 20.8 Å². The number of aliphatic hydroxyl groups is 1. The Morgan fingerprint density at radius 2 is 2.05 bits per heavy atom. The van der Waals surface area contributed by atoms with E-state index in [9.17, 15) is 5.11 Å². The average Bonchev–Trinajstić information content (AvgIpc) is 2.77. The molecule has 0 saturated carbocycles. The number of thiophene rings is 1. The predicted molar refractivity (Wildman–Crippen MR) is 85.7 cm³/mol. The molecule has 0 aliphatic carbocycles. The number of aromatic nitrogens is 2. The Morgan fingerprint density at radius 1 is 1.30 bits per heavy atom. The standard InChI is InChI=1S/C14H22N4OS/c1-5-15-13-17-11(16-7-14(3,4)8-19)10-6-9(2)20-12(10)18-13/h6,19H,5,7-8H2,1-4H3,(H2,15,16,17,18). The Morgan fingerprint density at radius 3 is 2.70 bits per heavy atom. The van der Waals surface area contributed by atoms with E-state index in [4.69, 9.17) is 0 Å². The van der Waals surface area contributed by atoms with Crippen LogP contribution >= 0.6 is 11.3 Å². The van der Waals surface area contributed by atoms with Gasteiger partial charge in [0.15, 0.2) is 0 Å². The quantitative estimate of drug-likeness (QED) is 0.764. The van der Waals surface area contributed by atoms with E-state index in [1.165, 1.54) is 4.88 Å². The highest BCUT2D eigenvalue weighted by molar-refractivity contribution is 7.18. The fourth-order valence-electron chi connectivity index (χ4n) is 1.79. The Balaban J connectivity index is 2.34. The molecule has 0 aromatic carbocycles. The lowest BCUT2D eigenvalue weighted by molar-refractivity contribution is 0.171. The lowest BCUT2D eigenvalue weighted by Crippen LogP contribution is -2.27. The van der Waals surface area contributed by atoms with Gasteiger partial charge in [0.05, 0.1) is 5.39 Å². The molecule has 0 aliphatic heterocycles. The molecule has 6 heteroatoms.